The van der Waals surface area contributed by atoms with Crippen molar-refractivity contribution in [2.45, 2.75) is 13.5 Å². The summed E-state index contributed by atoms with van der Waals surface area (Å²) in [6.07, 6.45) is 0. The van der Waals surface area contributed by atoms with Crippen LogP contribution in [0.5, 0.6) is 0 Å². The molecule has 1 heterocycles. The molecule has 0 aliphatic carbocycles. The molecule has 0 atom stereocenters. The van der Waals surface area contributed by atoms with Gasteiger partial charge in [-0.3, -0.25) is 9.59 Å². The number of rotatable bonds is 5. The van der Waals surface area contributed by atoms with E-state index in [1.54, 1.807) is 12.1 Å². The maximum Gasteiger partial charge on any atom is 0.274 e. The molecule has 0 unspecified atom stereocenters. The minimum Gasteiger partial charge on any atom is -0.347 e. The SMILES string of the molecule is Cc1cccc(CNC(=O)c2cccc(C(=O)Nc3cccc(F)c3)n2)c1. The number of carbonyl (C=O) groups excluding carboxylic acids is 2. The molecular weight excluding hydrogens is 345 g/mol. The van der Waals surface area contributed by atoms with Crippen LogP contribution in [-0.2, 0) is 6.54 Å². The van der Waals surface area contributed by atoms with Crippen molar-refractivity contribution in [2.24, 2.45) is 0 Å². The minimum atomic E-state index is -0.520. The highest BCUT2D eigenvalue weighted by Gasteiger charge is 2.13. The highest BCUT2D eigenvalue weighted by Crippen LogP contribution is 2.11. The second-order valence-electron chi connectivity index (χ2n) is 6.04. The van der Waals surface area contributed by atoms with Crippen LogP contribution in [0, 0.1) is 12.7 Å². The maximum absolute atomic E-state index is 13.2. The Morgan fingerprint density at radius 2 is 1.63 bits per heavy atom. The van der Waals surface area contributed by atoms with E-state index in [0.29, 0.717) is 12.2 Å². The summed E-state index contributed by atoms with van der Waals surface area (Å²) in [5.74, 6) is -1.35. The van der Waals surface area contributed by atoms with Gasteiger partial charge in [0, 0.05) is 12.2 Å². The molecule has 3 aromatic rings. The van der Waals surface area contributed by atoms with E-state index >= 15 is 0 Å². The number of aromatic nitrogens is 1. The molecule has 0 fully saturated rings. The van der Waals surface area contributed by atoms with Gasteiger partial charge < -0.3 is 10.6 Å². The molecule has 2 aromatic carbocycles. The van der Waals surface area contributed by atoms with Gasteiger partial charge in [0.2, 0.25) is 0 Å². The Balaban J connectivity index is 1.67. The second kappa shape index (κ2) is 8.23. The number of halogens is 1. The normalized spacial score (nSPS) is 10.3. The molecule has 0 bridgehead atoms. The molecule has 0 saturated heterocycles. The van der Waals surface area contributed by atoms with E-state index in [1.807, 2.05) is 31.2 Å². The Labute approximate surface area is 156 Å². The van der Waals surface area contributed by atoms with Crippen molar-refractivity contribution < 1.29 is 14.0 Å². The maximum atomic E-state index is 13.2. The van der Waals surface area contributed by atoms with Crippen molar-refractivity contribution in [3.63, 3.8) is 0 Å². The van der Waals surface area contributed by atoms with Crippen molar-refractivity contribution in [1.29, 1.82) is 0 Å². The smallest absolute Gasteiger partial charge is 0.274 e. The van der Waals surface area contributed by atoms with Gasteiger partial charge in [0.1, 0.15) is 17.2 Å². The van der Waals surface area contributed by atoms with Crippen LogP contribution in [-0.4, -0.2) is 16.8 Å². The topological polar surface area (TPSA) is 71.1 Å². The lowest BCUT2D eigenvalue weighted by molar-refractivity contribution is 0.0945. The van der Waals surface area contributed by atoms with Gasteiger partial charge in [-0.1, -0.05) is 42.0 Å². The van der Waals surface area contributed by atoms with Gasteiger partial charge in [0.15, 0.2) is 0 Å². The highest BCUT2D eigenvalue weighted by atomic mass is 19.1. The number of amides is 2. The third kappa shape index (κ3) is 4.98. The monoisotopic (exact) mass is 363 g/mol. The lowest BCUT2D eigenvalue weighted by atomic mass is 10.1. The van der Waals surface area contributed by atoms with E-state index in [0.717, 1.165) is 11.1 Å². The molecule has 0 radical (unpaired) electrons. The summed E-state index contributed by atoms with van der Waals surface area (Å²) in [6.45, 7) is 2.34. The van der Waals surface area contributed by atoms with E-state index in [1.165, 1.54) is 30.3 Å². The van der Waals surface area contributed by atoms with Crippen molar-refractivity contribution in [2.75, 3.05) is 5.32 Å². The number of nitrogens with one attached hydrogen (secondary N) is 2. The fourth-order valence-electron chi connectivity index (χ4n) is 2.54. The van der Waals surface area contributed by atoms with E-state index < -0.39 is 11.7 Å². The van der Waals surface area contributed by atoms with Crippen molar-refractivity contribution in [3.8, 4) is 0 Å². The standard InChI is InChI=1S/C21H18FN3O2/c1-14-5-2-6-15(11-14)13-23-20(26)18-9-4-10-19(25-18)21(27)24-17-8-3-7-16(22)12-17/h2-12H,13H2,1H3,(H,23,26)(H,24,27). The predicted octanol–water partition coefficient (Wildman–Crippen LogP) is 3.71. The number of hydrogen-bond acceptors (Lipinski definition) is 3. The van der Waals surface area contributed by atoms with Gasteiger partial charge in [-0.05, 0) is 42.8 Å². The molecule has 6 heteroatoms. The molecule has 5 nitrogen and oxygen atoms in total. The Bertz CT molecular complexity index is 988. The Kier molecular flexibility index (Phi) is 5.56. The van der Waals surface area contributed by atoms with Gasteiger partial charge in [0.05, 0.1) is 0 Å². The first-order valence-corrected chi connectivity index (χ1v) is 8.39. The highest BCUT2D eigenvalue weighted by molar-refractivity contribution is 6.03. The molecule has 0 aliphatic rings. The average Bonchev–Trinajstić information content (AvgIpc) is 2.66. The predicted molar refractivity (Wildman–Crippen MR) is 101 cm³/mol. The Morgan fingerprint density at radius 1 is 0.926 bits per heavy atom. The summed E-state index contributed by atoms with van der Waals surface area (Å²) >= 11 is 0. The molecular formula is C21H18FN3O2. The third-order valence-electron chi connectivity index (χ3n) is 3.83. The molecule has 0 aliphatic heterocycles. The summed E-state index contributed by atoms with van der Waals surface area (Å²) in [4.78, 5) is 28.7. The zero-order valence-corrected chi connectivity index (χ0v) is 14.7. The van der Waals surface area contributed by atoms with Gasteiger partial charge in [-0.2, -0.15) is 0 Å². The summed E-state index contributed by atoms with van der Waals surface area (Å²) in [5, 5.41) is 5.34. The third-order valence-corrected chi connectivity index (χ3v) is 3.83. The van der Waals surface area contributed by atoms with Crippen LogP contribution in [0.2, 0.25) is 0 Å². The largest absolute Gasteiger partial charge is 0.347 e. The quantitative estimate of drug-likeness (QED) is 0.726. The first-order valence-electron chi connectivity index (χ1n) is 8.39. The minimum absolute atomic E-state index is 0.0717. The Hall–Kier alpha value is -3.54. The van der Waals surface area contributed by atoms with Crippen LogP contribution >= 0.6 is 0 Å². The number of pyridine rings is 1. The molecule has 0 spiro atoms. The van der Waals surface area contributed by atoms with Crippen molar-refractivity contribution in [3.05, 3.63) is 95.1 Å². The van der Waals surface area contributed by atoms with E-state index in [4.69, 9.17) is 0 Å². The van der Waals surface area contributed by atoms with Crippen LogP contribution in [0.15, 0.2) is 66.7 Å². The lowest BCUT2D eigenvalue weighted by Gasteiger charge is -2.08. The van der Waals surface area contributed by atoms with Crippen LogP contribution in [0.1, 0.15) is 32.1 Å². The molecule has 2 amide bonds. The number of anilines is 1. The van der Waals surface area contributed by atoms with Crippen LogP contribution < -0.4 is 10.6 Å². The first-order chi connectivity index (χ1) is 13.0. The summed E-state index contributed by atoms with van der Waals surface area (Å²) in [7, 11) is 0. The van der Waals surface area contributed by atoms with Crippen LogP contribution in [0.3, 0.4) is 0 Å². The fraction of sp³-hybridized carbons (Fsp3) is 0.0952. The molecule has 27 heavy (non-hydrogen) atoms. The molecule has 0 saturated carbocycles. The van der Waals surface area contributed by atoms with Crippen molar-refractivity contribution >= 4 is 17.5 Å². The molecule has 2 N–H and O–H groups in total. The van der Waals surface area contributed by atoms with Crippen molar-refractivity contribution in [1.82, 2.24) is 10.3 Å². The number of hydrogen-bond donors (Lipinski definition) is 2. The second-order valence-corrected chi connectivity index (χ2v) is 6.04. The molecule has 1 aromatic heterocycles. The summed E-state index contributed by atoms with van der Waals surface area (Å²) in [5.41, 5.74) is 2.60. The number of benzene rings is 2. The van der Waals surface area contributed by atoms with Gasteiger partial charge in [-0.25, -0.2) is 9.37 Å². The van der Waals surface area contributed by atoms with E-state index in [9.17, 15) is 14.0 Å². The zero-order chi connectivity index (χ0) is 19.2. The first kappa shape index (κ1) is 18.3. The average molecular weight is 363 g/mol. The molecule has 3 rings (SSSR count). The van der Waals surface area contributed by atoms with Gasteiger partial charge in [0.25, 0.3) is 11.8 Å². The van der Waals surface area contributed by atoms with Gasteiger partial charge in [-0.15, -0.1) is 0 Å². The number of nitrogens with zero attached hydrogens (tertiary/aromatic N) is 1. The lowest BCUT2D eigenvalue weighted by Crippen LogP contribution is -2.25. The van der Waals surface area contributed by atoms with E-state index in [-0.39, 0.29) is 17.3 Å². The van der Waals surface area contributed by atoms with Crippen LogP contribution in [0.4, 0.5) is 10.1 Å². The molecule has 136 valence electrons. The zero-order valence-electron chi connectivity index (χ0n) is 14.7. The summed E-state index contributed by atoms with van der Waals surface area (Å²) in [6, 6.07) is 18.0. The fourth-order valence-corrected chi connectivity index (χ4v) is 2.54. The number of aryl methyl sites for hydroxylation is 1. The van der Waals surface area contributed by atoms with Gasteiger partial charge >= 0.3 is 0 Å². The number of carbonyl (C=O) groups is 2. The summed E-state index contributed by atoms with van der Waals surface area (Å²) < 4.78 is 13.2. The van der Waals surface area contributed by atoms with E-state index in [2.05, 4.69) is 15.6 Å². The van der Waals surface area contributed by atoms with Crippen LogP contribution in [0.25, 0.3) is 0 Å². The Morgan fingerprint density at radius 3 is 2.37 bits per heavy atom.